The van der Waals surface area contributed by atoms with Gasteiger partial charge in [-0.1, -0.05) is 0 Å². The number of benzene rings is 1. The van der Waals surface area contributed by atoms with E-state index < -0.39 is 29.5 Å². The van der Waals surface area contributed by atoms with E-state index in [4.69, 9.17) is 17.2 Å². The molecular formula is C9H8F4IN5. The predicted octanol–water partition coefficient (Wildman–Crippen LogP) is 1.67. The molecule has 19 heavy (non-hydrogen) atoms. The number of halogens is 5. The van der Waals surface area contributed by atoms with Crippen molar-refractivity contribution in [1.82, 2.24) is 0 Å². The minimum Gasteiger partial charge on any atom is -0.370 e. The van der Waals surface area contributed by atoms with Crippen LogP contribution >= 0.6 is 22.6 Å². The molecule has 1 aromatic carbocycles. The maximum absolute atomic E-state index is 13.2. The van der Waals surface area contributed by atoms with Crippen molar-refractivity contribution < 1.29 is 17.6 Å². The molecule has 0 saturated heterocycles. The second-order valence-corrected chi connectivity index (χ2v) is 4.37. The molecule has 1 rings (SSSR count). The monoisotopic (exact) mass is 389 g/mol. The molecule has 1 aromatic rings. The van der Waals surface area contributed by atoms with E-state index >= 15 is 0 Å². The van der Waals surface area contributed by atoms with E-state index in [1.165, 1.54) is 22.6 Å². The van der Waals surface area contributed by atoms with Crippen LogP contribution in [0.1, 0.15) is 5.56 Å². The number of nitrogens with two attached hydrogens (primary N) is 3. The van der Waals surface area contributed by atoms with Gasteiger partial charge in [0, 0.05) is 6.07 Å². The van der Waals surface area contributed by atoms with Crippen LogP contribution in [0.15, 0.2) is 22.1 Å². The van der Waals surface area contributed by atoms with Crippen LogP contribution in [0.5, 0.6) is 0 Å². The van der Waals surface area contributed by atoms with Gasteiger partial charge in [-0.25, -0.2) is 9.38 Å². The van der Waals surface area contributed by atoms with Gasteiger partial charge in [0.2, 0.25) is 5.96 Å². The number of hydrogen-bond acceptors (Lipinski definition) is 1. The van der Waals surface area contributed by atoms with Crippen LogP contribution in [0.3, 0.4) is 0 Å². The Morgan fingerprint density at radius 3 is 2.21 bits per heavy atom. The highest BCUT2D eigenvalue weighted by atomic mass is 127. The summed E-state index contributed by atoms with van der Waals surface area (Å²) in [6, 6.07) is 1.17. The van der Waals surface area contributed by atoms with Crippen molar-refractivity contribution in [2.45, 2.75) is 6.18 Å². The first-order chi connectivity index (χ1) is 8.61. The molecular weight excluding hydrogens is 381 g/mol. The smallest absolute Gasteiger partial charge is 0.370 e. The molecule has 0 heterocycles. The Balaban J connectivity index is 3.38. The number of hydrogen-bond donors (Lipinski definition) is 3. The zero-order valence-corrected chi connectivity index (χ0v) is 11.3. The van der Waals surface area contributed by atoms with Gasteiger partial charge in [-0.3, -0.25) is 0 Å². The van der Waals surface area contributed by atoms with Crippen molar-refractivity contribution in [2.24, 2.45) is 27.2 Å². The van der Waals surface area contributed by atoms with Crippen LogP contribution in [-0.4, -0.2) is 11.9 Å². The molecule has 0 aliphatic carbocycles. The van der Waals surface area contributed by atoms with E-state index in [9.17, 15) is 17.6 Å². The fraction of sp³-hybridized carbons (Fsp3) is 0.111. The van der Waals surface area contributed by atoms with Crippen LogP contribution in [0, 0.1) is 9.39 Å². The van der Waals surface area contributed by atoms with Crippen LogP contribution in [-0.2, 0) is 6.18 Å². The highest BCUT2D eigenvalue weighted by Crippen LogP contribution is 2.37. The van der Waals surface area contributed by atoms with E-state index in [0.717, 1.165) is 6.07 Å². The SMILES string of the molecule is NC(N)=NC(N)=Nc1cc(F)cc(C(F)(F)F)c1I. The second-order valence-electron chi connectivity index (χ2n) is 3.29. The standard InChI is InChI=1S/C9H8F4IN5/c10-3-1-4(9(11,12)13)6(14)5(2-3)18-8(17)19-7(15)16/h1-2H,(H6,15,16,17,18,19). The van der Waals surface area contributed by atoms with Gasteiger partial charge < -0.3 is 17.2 Å². The van der Waals surface area contributed by atoms with Gasteiger partial charge in [0.15, 0.2) is 5.96 Å². The van der Waals surface area contributed by atoms with E-state index in [1.807, 2.05) is 0 Å². The van der Waals surface area contributed by atoms with Gasteiger partial charge in [0.25, 0.3) is 0 Å². The van der Waals surface area contributed by atoms with Crippen LogP contribution < -0.4 is 17.2 Å². The molecule has 0 aliphatic rings. The number of guanidine groups is 2. The van der Waals surface area contributed by atoms with Crippen molar-refractivity contribution >= 4 is 40.2 Å². The van der Waals surface area contributed by atoms with Gasteiger partial charge in [-0.15, -0.1) is 0 Å². The molecule has 6 N–H and O–H groups in total. The molecule has 0 unspecified atom stereocenters. The third kappa shape index (κ3) is 4.22. The topological polar surface area (TPSA) is 103 Å². The van der Waals surface area contributed by atoms with Crippen molar-refractivity contribution in [3.05, 3.63) is 27.1 Å². The van der Waals surface area contributed by atoms with E-state index in [2.05, 4.69) is 9.98 Å². The Morgan fingerprint density at radius 2 is 1.74 bits per heavy atom. The summed E-state index contributed by atoms with van der Waals surface area (Å²) in [5, 5.41) is 0. The summed E-state index contributed by atoms with van der Waals surface area (Å²) >= 11 is 1.39. The van der Waals surface area contributed by atoms with E-state index in [-0.39, 0.29) is 9.26 Å². The van der Waals surface area contributed by atoms with Gasteiger partial charge in [-0.05, 0) is 28.7 Å². The fourth-order valence-corrected chi connectivity index (χ4v) is 1.88. The summed E-state index contributed by atoms with van der Waals surface area (Å²) < 4.78 is 50.8. The summed E-state index contributed by atoms with van der Waals surface area (Å²) in [4.78, 5) is 6.86. The number of alkyl halides is 3. The summed E-state index contributed by atoms with van der Waals surface area (Å²) in [6.07, 6.45) is -4.70. The van der Waals surface area contributed by atoms with Crippen molar-refractivity contribution in [3.8, 4) is 0 Å². The van der Waals surface area contributed by atoms with Crippen LogP contribution in [0.25, 0.3) is 0 Å². The normalized spacial score (nSPS) is 12.4. The maximum atomic E-state index is 13.2. The lowest BCUT2D eigenvalue weighted by molar-refractivity contribution is -0.138. The molecule has 0 amide bonds. The Bertz CT molecular complexity index is 548. The third-order valence-corrected chi connectivity index (χ3v) is 2.94. The Hall–Kier alpha value is -1.59. The van der Waals surface area contributed by atoms with Crippen molar-refractivity contribution in [3.63, 3.8) is 0 Å². The average molecular weight is 389 g/mol. The van der Waals surface area contributed by atoms with Gasteiger partial charge in [-0.2, -0.15) is 18.2 Å². The summed E-state index contributed by atoms with van der Waals surface area (Å²) in [5.41, 5.74) is 13.9. The Labute approximate surface area is 118 Å². The number of aliphatic imine (C=N–C) groups is 2. The lowest BCUT2D eigenvalue weighted by atomic mass is 10.2. The largest absolute Gasteiger partial charge is 0.417 e. The molecule has 10 heteroatoms. The predicted molar refractivity (Wildman–Crippen MR) is 71.2 cm³/mol. The molecule has 0 bridgehead atoms. The minimum atomic E-state index is -4.70. The summed E-state index contributed by atoms with van der Waals surface area (Å²) in [5.74, 6) is -1.98. The molecule has 0 aromatic heterocycles. The quantitative estimate of drug-likeness (QED) is 0.295. The fourth-order valence-electron chi connectivity index (χ4n) is 1.14. The first-order valence-electron chi connectivity index (χ1n) is 4.61. The summed E-state index contributed by atoms with van der Waals surface area (Å²) in [6.45, 7) is 0. The molecule has 0 atom stereocenters. The lowest BCUT2D eigenvalue weighted by Crippen LogP contribution is -2.26. The number of rotatable bonds is 1. The molecule has 0 radical (unpaired) electrons. The van der Waals surface area contributed by atoms with E-state index in [1.54, 1.807) is 0 Å². The zero-order valence-electron chi connectivity index (χ0n) is 9.17. The van der Waals surface area contributed by atoms with Gasteiger partial charge >= 0.3 is 6.18 Å². The first-order valence-corrected chi connectivity index (χ1v) is 5.69. The molecule has 104 valence electrons. The Kier molecular flexibility index (Phi) is 4.55. The lowest BCUT2D eigenvalue weighted by Gasteiger charge is -2.11. The van der Waals surface area contributed by atoms with Gasteiger partial charge in [0.05, 0.1) is 14.8 Å². The average Bonchev–Trinajstić information content (AvgIpc) is 2.19. The molecule has 5 nitrogen and oxygen atoms in total. The number of nitrogens with zero attached hydrogens (tertiary/aromatic N) is 2. The van der Waals surface area contributed by atoms with Crippen LogP contribution in [0.4, 0.5) is 23.2 Å². The molecule has 0 fully saturated rings. The van der Waals surface area contributed by atoms with E-state index in [0.29, 0.717) is 6.07 Å². The van der Waals surface area contributed by atoms with Crippen molar-refractivity contribution in [2.75, 3.05) is 0 Å². The summed E-state index contributed by atoms with van der Waals surface area (Å²) in [7, 11) is 0. The molecule has 0 saturated carbocycles. The molecule has 0 aliphatic heterocycles. The van der Waals surface area contributed by atoms with Crippen molar-refractivity contribution in [1.29, 1.82) is 0 Å². The maximum Gasteiger partial charge on any atom is 0.417 e. The third-order valence-electron chi connectivity index (χ3n) is 1.80. The second kappa shape index (κ2) is 5.59. The minimum absolute atomic E-state index is 0.305. The van der Waals surface area contributed by atoms with Crippen LogP contribution in [0.2, 0.25) is 0 Å². The first kappa shape index (κ1) is 15.5. The molecule has 0 spiro atoms. The Morgan fingerprint density at radius 1 is 1.16 bits per heavy atom. The van der Waals surface area contributed by atoms with Gasteiger partial charge in [0.1, 0.15) is 5.82 Å². The highest BCUT2D eigenvalue weighted by Gasteiger charge is 2.34. The highest BCUT2D eigenvalue weighted by molar-refractivity contribution is 14.1. The zero-order chi connectivity index (χ0) is 14.8.